The molecule has 1 saturated heterocycles. The van der Waals surface area contributed by atoms with Gasteiger partial charge in [-0.25, -0.2) is 0 Å². The zero-order valence-electron chi connectivity index (χ0n) is 10.8. The van der Waals surface area contributed by atoms with Crippen LogP contribution in [-0.2, 0) is 12.7 Å². The zero-order chi connectivity index (χ0) is 13.7. The van der Waals surface area contributed by atoms with Crippen LogP contribution >= 0.6 is 0 Å². The molecular formula is C14H19F3N2. The minimum atomic E-state index is -4.25. The van der Waals surface area contributed by atoms with Gasteiger partial charge in [0.05, 0.1) is 5.56 Å². The first-order valence-electron chi connectivity index (χ1n) is 6.66. The highest BCUT2D eigenvalue weighted by Gasteiger charge is 2.29. The molecule has 0 aliphatic carbocycles. The number of hydrogen-bond donors (Lipinski definition) is 2. The van der Waals surface area contributed by atoms with Gasteiger partial charge in [0.1, 0.15) is 0 Å². The Morgan fingerprint density at radius 3 is 2.53 bits per heavy atom. The van der Waals surface area contributed by atoms with Crippen molar-refractivity contribution in [3.63, 3.8) is 0 Å². The Bertz CT molecular complexity index is 379. The Labute approximate surface area is 111 Å². The molecular weight excluding hydrogens is 253 g/mol. The number of nitrogens with one attached hydrogen (secondary N) is 2. The molecule has 0 bridgehead atoms. The Morgan fingerprint density at radius 1 is 1.11 bits per heavy atom. The minimum absolute atomic E-state index is 0.456. The van der Waals surface area contributed by atoms with Crippen LogP contribution in [0.5, 0.6) is 0 Å². The van der Waals surface area contributed by atoms with Crippen molar-refractivity contribution in [1.29, 1.82) is 0 Å². The number of hydrogen-bond acceptors (Lipinski definition) is 2. The molecule has 1 fully saturated rings. The van der Waals surface area contributed by atoms with Gasteiger partial charge >= 0.3 is 6.18 Å². The molecule has 106 valence electrons. The van der Waals surface area contributed by atoms with Crippen LogP contribution in [0.1, 0.15) is 30.4 Å². The van der Waals surface area contributed by atoms with E-state index < -0.39 is 11.7 Å². The summed E-state index contributed by atoms with van der Waals surface area (Å²) in [4.78, 5) is 0. The zero-order valence-corrected chi connectivity index (χ0v) is 10.8. The molecule has 2 rings (SSSR count). The van der Waals surface area contributed by atoms with E-state index in [2.05, 4.69) is 10.6 Å². The van der Waals surface area contributed by atoms with Crippen molar-refractivity contribution in [2.24, 2.45) is 0 Å². The standard InChI is InChI=1S/C14H19F3N2/c15-14(16,17)12-5-3-11(4-6-12)10-19-13-2-1-8-18-9-7-13/h3-6,13,18-19H,1-2,7-10H2. The molecule has 0 spiro atoms. The highest BCUT2D eigenvalue weighted by atomic mass is 19.4. The van der Waals surface area contributed by atoms with Gasteiger partial charge < -0.3 is 10.6 Å². The first-order chi connectivity index (χ1) is 9.05. The second kappa shape index (κ2) is 6.39. The predicted molar refractivity (Wildman–Crippen MR) is 68.8 cm³/mol. The van der Waals surface area contributed by atoms with Gasteiger partial charge in [0.25, 0.3) is 0 Å². The fourth-order valence-corrected chi connectivity index (χ4v) is 2.30. The van der Waals surface area contributed by atoms with E-state index in [1.807, 2.05) is 0 Å². The normalized spacial score (nSPS) is 21.1. The molecule has 2 nitrogen and oxygen atoms in total. The van der Waals surface area contributed by atoms with Crippen molar-refractivity contribution in [3.8, 4) is 0 Å². The van der Waals surface area contributed by atoms with Crippen LogP contribution in [0.4, 0.5) is 13.2 Å². The van der Waals surface area contributed by atoms with E-state index in [0.29, 0.717) is 12.6 Å². The van der Waals surface area contributed by atoms with E-state index in [1.165, 1.54) is 0 Å². The van der Waals surface area contributed by atoms with Crippen LogP contribution in [-0.4, -0.2) is 19.1 Å². The monoisotopic (exact) mass is 272 g/mol. The minimum Gasteiger partial charge on any atom is -0.317 e. The molecule has 0 aromatic heterocycles. The van der Waals surface area contributed by atoms with Crippen LogP contribution in [0, 0.1) is 0 Å². The molecule has 1 aromatic rings. The quantitative estimate of drug-likeness (QED) is 0.884. The van der Waals surface area contributed by atoms with E-state index >= 15 is 0 Å². The summed E-state index contributed by atoms with van der Waals surface area (Å²) in [6.07, 6.45) is -0.919. The topological polar surface area (TPSA) is 24.1 Å². The molecule has 19 heavy (non-hydrogen) atoms. The van der Waals surface area contributed by atoms with E-state index in [9.17, 15) is 13.2 Å². The van der Waals surface area contributed by atoms with Crippen LogP contribution in [0.25, 0.3) is 0 Å². The summed E-state index contributed by atoms with van der Waals surface area (Å²) in [5.41, 5.74) is 0.306. The molecule has 0 radical (unpaired) electrons. The third kappa shape index (κ3) is 4.51. The highest BCUT2D eigenvalue weighted by molar-refractivity contribution is 5.24. The lowest BCUT2D eigenvalue weighted by atomic mass is 10.1. The smallest absolute Gasteiger partial charge is 0.317 e. The number of rotatable bonds is 3. The van der Waals surface area contributed by atoms with Crippen LogP contribution < -0.4 is 10.6 Å². The Balaban J connectivity index is 1.85. The molecule has 1 aliphatic rings. The summed E-state index contributed by atoms with van der Waals surface area (Å²) < 4.78 is 37.3. The van der Waals surface area contributed by atoms with Gasteiger partial charge in [0, 0.05) is 12.6 Å². The molecule has 1 heterocycles. The molecule has 1 atom stereocenters. The molecule has 5 heteroatoms. The maximum absolute atomic E-state index is 12.4. The number of halogens is 3. The summed E-state index contributed by atoms with van der Waals surface area (Å²) in [7, 11) is 0. The lowest BCUT2D eigenvalue weighted by molar-refractivity contribution is -0.137. The highest BCUT2D eigenvalue weighted by Crippen LogP contribution is 2.29. The SMILES string of the molecule is FC(F)(F)c1ccc(CNC2CCCNCC2)cc1. The van der Waals surface area contributed by atoms with Gasteiger partial charge in [-0.3, -0.25) is 0 Å². The predicted octanol–water partition coefficient (Wildman–Crippen LogP) is 2.94. The van der Waals surface area contributed by atoms with Gasteiger partial charge in [-0.15, -0.1) is 0 Å². The van der Waals surface area contributed by atoms with Crippen molar-refractivity contribution in [1.82, 2.24) is 10.6 Å². The summed E-state index contributed by atoms with van der Waals surface area (Å²) in [6, 6.07) is 5.84. The Morgan fingerprint density at radius 2 is 1.84 bits per heavy atom. The third-order valence-electron chi connectivity index (χ3n) is 3.45. The number of benzene rings is 1. The van der Waals surface area contributed by atoms with E-state index in [0.717, 1.165) is 50.0 Å². The van der Waals surface area contributed by atoms with E-state index in [-0.39, 0.29) is 0 Å². The Kier molecular flexibility index (Phi) is 4.82. The van der Waals surface area contributed by atoms with Crippen molar-refractivity contribution in [2.75, 3.05) is 13.1 Å². The van der Waals surface area contributed by atoms with Crippen LogP contribution in [0.2, 0.25) is 0 Å². The molecule has 0 amide bonds. The largest absolute Gasteiger partial charge is 0.416 e. The first kappa shape index (κ1) is 14.3. The maximum Gasteiger partial charge on any atom is 0.416 e. The van der Waals surface area contributed by atoms with Gasteiger partial charge in [-0.05, 0) is 50.0 Å². The second-order valence-electron chi connectivity index (χ2n) is 4.95. The van der Waals surface area contributed by atoms with E-state index in [4.69, 9.17) is 0 Å². The van der Waals surface area contributed by atoms with Gasteiger partial charge in [0.2, 0.25) is 0 Å². The molecule has 1 aliphatic heterocycles. The van der Waals surface area contributed by atoms with Gasteiger partial charge in [0.15, 0.2) is 0 Å². The summed E-state index contributed by atoms with van der Waals surface area (Å²) in [5.74, 6) is 0. The third-order valence-corrected chi connectivity index (χ3v) is 3.45. The lowest BCUT2D eigenvalue weighted by Gasteiger charge is -2.16. The lowest BCUT2D eigenvalue weighted by Crippen LogP contribution is -2.29. The maximum atomic E-state index is 12.4. The molecule has 1 aromatic carbocycles. The summed E-state index contributed by atoms with van der Waals surface area (Å²) in [5, 5.41) is 6.75. The average molecular weight is 272 g/mol. The molecule has 1 unspecified atom stereocenters. The average Bonchev–Trinajstić information content (AvgIpc) is 2.64. The summed E-state index contributed by atoms with van der Waals surface area (Å²) in [6.45, 7) is 2.69. The van der Waals surface area contributed by atoms with E-state index in [1.54, 1.807) is 12.1 Å². The molecule has 2 N–H and O–H groups in total. The van der Waals surface area contributed by atoms with Crippen molar-refractivity contribution in [2.45, 2.75) is 38.0 Å². The first-order valence-corrected chi connectivity index (χ1v) is 6.66. The summed E-state index contributed by atoms with van der Waals surface area (Å²) >= 11 is 0. The van der Waals surface area contributed by atoms with Crippen molar-refractivity contribution in [3.05, 3.63) is 35.4 Å². The Hall–Kier alpha value is -1.07. The molecule has 0 saturated carbocycles. The van der Waals surface area contributed by atoms with Crippen molar-refractivity contribution >= 4 is 0 Å². The van der Waals surface area contributed by atoms with Crippen molar-refractivity contribution < 1.29 is 13.2 Å². The van der Waals surface area contributed by atoms with Gasteiger partial charge in [-0.2, -0.15) is 13.2 Å². The second-order valence-corrected chi connectivity index (χ2v) is 4.95. The van der Waals surface area contributed by atoms with Gasteiger partial charge in [-0.1, -0.05) is 12.1 Å². The van der Waals surface area contributed by atoms with Crippen LogP contribution in [0.3, 0.4) is 0 Å². The van der Waals surface area contributed by atoms with Crippen LogP contribution in [0.15, 0.2) is 24.3 Å². The number of alkyl halides is 3. The fourth-order valence-electron chi connectivity index (χ4n) is 2.30. The fraction of sp³-hybridized carbons (Fsp3) is 0.571.